The smallest absolute Gasteiger partial charge is 0.268 e. The van der Waals surface area contributed by atoms with Crippen molar-refractivity contribution in [2.75, 3.05) is 4.41 Å². The number of hydrogen-bond donors (Lipinski definition) is 4. The van der Waals surface area contributed by atoms with Crippen LogP contribution in [-0.4, -0.2) is 30.5 Å². The van der Waals surface area contributed by atoms with Crippen molar-refractivity contribution in [2.45, 2.75) is 0 Å². The number of anilines is 1. The maximum Gasteiger partial charge on any atom is 0.394 e. The predicted molar refractivity (Wildman–Crippen MR) is 58.8 cm³/mol. The topological polar surface area (TPSA) is 158 Å². The van der Waals surface area contributed by atoms with E-state index in [2.05, 4.69) is 0 Å². The molecule has 98 valence electrons. The van der Waals surface area contributed by atoms with E-state index in [4.69, 9.17) is 27.9 Å². The van der Waals surface area contributed by atoms with E-state index in [1.807, 2.05) is 0 Å². The first kappa shape index (κ1) is 15.8. The van der Waals surface area contributed by atoms with Gasteiger partial charge in [0.05, 0.1) is 5.69 Å². The molecule has 11 heteroatoms. The maximum atomic E-state index is 10.5. The van der Waals surface area contributed by atoms with E-state index < -0.39 is 20.7 Å². The van der Waals surface area contributed by atoms with E-state index in [1.54, 1.807) is 18.2 Å². The van der Waals surface area contributed by atoms with Crippen LogP contribution in [0, 0.1) is 0 Å². The molecule has 0 fully saturated rings. The summed E-state index contributed by atoms with van der Waals surface area (Å²) in [6.07, 6.45) is 0. The number of nitrogens with zero attached hydrogens (tertiary/aromatic N) is 1. The summed E-state index contributed by atoms with van der Waals surface area (Å²) in [6, 6.07) is 7.86. The highest BCUT2D eigenvalue weighted by atomic mass is 32.3. The Balaban J connectivity index is 0.000000437. The molecule has 0 amide bonds. The van der Waals surface area contributed by atoms with Crippen LogP contribution in [0.25, 0.3) is 0 Å². The highest BCUT2D eigenvalue weighted by Gasteiger charge is 2.13. The third-order valence-electron chi connectivity index (χ3n) is 1.26. The van der Waals surface area contributed by atoms with Crippen LogP contribution >= 0.6 is 0 Å². The van der Waals surface area contributed by atoms with Gasteiger partial charge in [-0.3, -0.25) is 13.7 Å². The van der Waals surface area contributed by atoms with Crippen LogP contribution < -0.4 is 10.3 Å². The van der Waals surface area contributed by atoms with Gasteiger partial charge in [0.2, 0.25) is 0 Å². The summed E-state index contributed by atoms with van der Waals surface area (Å²) in [5.74, 6) is 5.07. The second-order valence-electron chi connectivity index (χ2n) is 2.56. The summed E-state index contributed by atoms with van der Waals surface area (Å²) in [6.45, 7) is 0. The van der Waals surface area contributed by atoms with Crippen LogP contribution in [0.15, 0.2) is 30.3 Å². The van der Waals surface area contributed by atoms with Gasteiger partial charge in [0.15, 0.2) is 0 Å². The van der Waals surface area contributed by atoms with Gasteiger partial charge >= 0.3 is 20.7 Å². The standard InChI is InChI=1S/C6H8N2O3S.H2O4S/c7-8(12(9,10)11)6-4-2-1-3-5-6;1-5(2,3)4/h1-5H,7H2,(H,9,10,11);(H2,1,2,3,4). The van der Waals surface area contributed by atoms with Crippen LogP contribution in [0.3, 0.4) is 0 Å². The molecule has 0 aromatic heterocycles. The molecule has 0 spiro atoms. The van der Waals surface area contributed by atoms with Gasteiger partial charge in [-0.15, -0.1) is 0 Å². The summed E-state index contributed by atoms with van der Waals surface area (Å²) in [7, 11) is -9.01. The first-order valence-corrected chi connectivity index (χ1v) is 6.58. The monoisotopic (exact) mass is 286 g/mol. The summed E-state index contributed by atoms with van der Waals surface area (Å²) < 4.78 is 61.4. The van der Waals surface area contributed by atoms with Gasteiger partial charge in [0, 0.05) is 0 Å². The fourth-order valence-corrected chi connectivity index (χ4v) is 1.10. The highest BCUT2D eigenvalue weighted by molar-refractivity contribution is 7.87. The Bertz CT molecular complexity index is 531. The van der Waals surface area contributed by atoms with E-state index >= 15 is 0 Å². The van der Waals surface area contributed by atoms with E-state index in [9.17, 15) is 8.42 Å². The zero-order valence-corrected chi connectivity index (χ0v) is 9.84. The molecule has 0 heterocycles. The molecular weight excluding hydrogens is 276 g/mol. The number of para-hydroxylation sites is 1. The van der Waals surface area contributed by atoms with E-state index in [0.29, 0.717) is 4.41 Å². The minimum absolute atomic E-state index is 0.208. The number of benzene rings is 1. The summed E-state index contributed by atoms with van der Waals surface area (Å²) in [4.78, 5) is 0. The zero-order valence-electron chi connectivity index (χ0n) is 8.20. The molecule has 5 N–H and O–H groups in total. The quantitative estimate of drug-likeness (QED) is 0.322. The lowest BCUT2D eigenvalue weighted by Crippen LogP contribution is -2.36. The van der Waals surface area contributed by atoms with Crippen LogP contribution in [0.5, 0.6) is 0 Å². The predicted octanol–water partition coefficient (Wildman–Crippen LogP) is -0.483. The van der Waals surface area contributed by atoms with Crippen molar-refractivity contribution >= 4 is 26.4 Å². The Hall–Kier alpha value is -1.24. The maximum absolute atomic E-state index is 10.5. The van der Waals surface area contributed by atoms with Gasteiger partial charge in [-0.25, -0.2) is 5.84 Å². The van der Waals surface area contributed by atoms with Crippen LogP contribution in [-0.2, 0) is 20.7 Å². The second-order valence-corrected chi connectivity index (χ2v) is 4.74. The lowest BCUT2D eigenvalue weighted by molar-refractivity contribution is 0.381. The lowest BCUT2D eigenvalue weighted by Gasteiger charge is -2.13. The molecule has 1 aromatic rings. The highest BCUT2D eigenvalue weighted by Crippen LogP contribution is 2.11. The van der Waals surface area contributed by atoms with Crippen molar-refractivity contribution in [2.24, 2.45) is 5.84 Å². The molecule has 0 unspecified atom stereocenters. The average molecular weight is 286 g/mol. The molecule has 0 atom stereocenters. The van der Waals surface area contributed by atoms with Gasteiger partial charge in [-0.2, -0.15) is 21.2 Å². The van der Waals surface area contributed by atoms with Crippen molar-refractivity contribution in [1.29, 1.82) is 0 Å². The summed E-state index contributed by atoms with van der Waals surface area (Å²) in [5.41, 5.74) is 0.208. The molecule has 1 aromatic carbocycles. The summed E-state index contributed by atoms with van der Waals surface area (Å²) in [5, 5.41) is 0. The first-order valence-electron chi connectivity index (χ1n) is 3.79. The molecule has 0 bridgehead atoms. The minimum Gasteiger partial charge on any atom is -0.268 e. The van der Waals surface area contributed by atoms with Gasteiger partial charge < -0.3 is 0 Å². The first-order chi connectivity index (χ1) is 7.52. The largest absolute Gasteiger partial charge is 0.394 e. The van der Waals surface area contributed by atoms with Gasteiger partial charge in [0.25, 0.3) is 0 Å². The SMILES string of the molecule is NN(c1ccccc1)S(=O)(=O)O.O=S(=O)(O)O. The van der Waals surface area contributed by atoms with E-state index in [1.165, 1.54) is 12.1 Å². The number of hydrazine groups is 1. The lowest BCUT2D eigenvalue weighted by atomic mass is 10.3. The minimum atomic E-state index is -4.67. The molecule has 9 nitrogen and oxygen atoms in total. The molecule has 17 heavy (non-hydrogen) atoms. The van der Waals surface area contributed by atoms with Crippen LogP contribution in [0.1, 0.15) is 0 Å². The summed E-state index contributed by atoms with van der Waals surface area (Å²) >= 11 is 0. The van der Waals surface area contributed by atoms with Gasteiger partial charge in [-0.05, 0) is 12.1 Å². The Morgan fingerprint density at radius 3 is 1.59 bits per heavy atom. The molecular formula is C6H10N2O7S2. The van der Waals surface area contributed by atoms with Crippen molar-refractivity contribution in [1.82, 2.24) is 0 Å². The van der Waals surface area contributed by atoms with Crippen LogP contribution in [0.2, 0.25) is 0 Å². The normalized spacial score (nSPS) is 11.3. The molecule has 0 aliphatic carbocycles. The third kappa shape index (κ3) is 8.56. The number of nitrogens with two attached hydrogens (primary N) is 1. The zero-order chi connectivity index (χ0) is 13.7. The number of rotatable bonds is 2. The van der Waals surface area contributed by atoms with Gasteiger partial charge in [0.1, 0.15) is 0 Å². The molecule has 0 aliphatic rings. The molecule has 1 rings (SSSR count). The second kappa shape index (κ2) is 5.90. The van der Waals surface area contributed by atoms with E-state index in [-0.39, 0.29) is 5.69 Å². The Labute approximate surface area is 97.9 Å². The fourth-order valence-electron chi connectivity index (χ4n) is 0.708. The molecule has 0 saturated heterocycles. The van der Waals surface area contributed by atoms with Crippen molar-refractivity contribution in [3.05, 3.63) is 30.3 Å². The Morgan fingerprint density at radius 2 is 1.29 bits per heavy atom. The van der Waals surface area contributed by atoms with Crippen molar-refractivity contribution in [3.63, 3.8) is 0 Å². The average Bonchev–Trinajstić information content (AvgIpc) is 2.14. The Kier molecular flexibility index (Phi) is 5.47. The van der Waals surface area contributed by atoms with Crippen molar-refractivity contribution in [3.8, 4) is 0 Å². The molecule has 0 radical (unpaired) electrons. The third-order valence-corrected chi connectivity index (χ3v) is 1.97. The van der Waals surface area contributed by atoms with Crippen molar-refractivity contribution < 1.29 is 30.5 Å². The molecule has 0 saturated carbocycles. The Morgan fingerprint density at radius 1 is 0.941 bits per heavy atom. The van der Waals surface area contributed by atoms with E-state index in [0.717, 1.165) is 0 Å². The van der Waals surface area contributed by atoms with Gasteiger partial charge in [-0.1, -0.05) is 18.2 Å². The fraction of sp³-hybridized carbons (Fsp3) is 0. The number of hydrogen-bond acceptors (Lipinski definition) is 5. The van der Waals surface area contributed by atoms with Crippen LogP contribution in [0.4, 0.5) is 5.69 Å². The molecule has 0 aliphatic heterocycles.